The summed E-state index contributed by atoms with van der Waals surface area (Å²) in [5, 5.41) is 3.65. The molecule has 2 aliphatic rings. The SMILES string of the molecule is O=c1n(-c2cccnc2)c2c(n1-c1cccnc1)S[N+]1(S2)Sc2c(n(-c3cccnc3)c(=S)n2-c2cccnc2)S1. The van der Waals surface area contributed by atoms with E-state index in [1.165, 1.54) is 0 Å². The van der Waals surface area contributed by atoms with Gasteiger partial charge in [-0.05, 0) is 60.7 Å². The fourth-order valence-corrected chi connectivity index (χ4v) is 11.6. The standard InChI is InChI=1S/C26H16N9OS5/c36-25-31(17-5-1-9-27-13-17)21-22(32(25)18-6-2-10-28-14-18)39-35(38-21)40-23-24(41-35)34(20-8-4-12-30-16-20)26(37)33(23)19-7-3-11-29-15-19/h1-16H/q+1. The summed E-state index contributed by atoms with van der Waals surface area (Å²) in [4.78, 5) is 31.1. The van der Waals surface area contributed by atoms with Crippen LogP contribution in [0.4, 0.5) is 0 Å². The van der Waals surface area contributed by atoms with Crippen molar-refractivity contribution < 1.29 is 2.10 Å². The molecule has 6 aromatic rings. The molecule has 0 bridgehead atoms. The zero-order valence-electron chi connectivity index (χ0n) is 20.7. The molecule has 2 aliphatic heterocycles. The number of imidazole rings is 2. The average Bonchev–Trinajstić information content (AvgIpc) is 3.69. The van der Waals surface area contributed by atoms with Gasteiger partial charge in [0.1, 0.15) is 0 Å². The molecule has 8 heterocycles. The monoisotopic (exact) mass is 630 g/mol. The lowest BCUT2D eigenvalue weighted by molar-refractivity contribution is -0.268. The number of hydrogen-bond donors (Lipinski definition) is 0. The van der Waals surface area contributed by atoms with E-state index in [0.717, 1.165) is 31.5 Å². The number of pyridine rings is 4. The third-order valence-electron chi connectivity index (χ3n) is 6.35. The molecular weight excluding hydrogens is 615 g/mol. The first-order chi connectivity index (χ1) is 20.1. The van der Waals surface area contributed by atoms with E-state index in [1.54, 1.807) is 94.1 Å². The minimum Gasteiger partial charge on any atom is -0.272 e. The Labute approximate surface area is 255 Å². The summed E-state index contributed by atoms with van der Waals surface area (Å²) in [5.74, 6) is 0. The van der Waals surface area contributed by atoms with Crippen LogP contribution in [0, 0.1) is 4.77 Å². The van der Waals surface area contributed by atoms with Crippen LogP contribution >= 0.6 is 60.0 Å². The Morgan fingerprint density at radius 3 is 1.17 bits per heavy atom. The Hall–Kier alpha value is -3.60. The van der Waals surface area contributed by atoms with Gasteiger partial charge in [0.15, 0.2) is 72.7 Å². The van der Waals surface area contributed by atoms with Crippen LogP contribution in [0.1, 0.15) is 0 Å². The second-order valence-corrected chi connectivity index (χ2v) is 15.0. The highest BCUT2D eigenvalue weighted by Gasteiger charge is 2.58. The molecule has 200 valence electrons. The highest BCUT2D eigenvalue weighted by Crippen LogP contribution is 2.71. The summed E-state index contributed by atoms with van der Waals surface area (Å²) in [5.41, 5.74) is 2.99. The summed E-state index contributed by atoms with van der Waals surface area (Å²) in [6.45, 7) is 0. The van der Waals surface area contributed by atoms with Gasteiger partial charge in [-0.3, -0.25) is 29.1 Å². The molecule has 6 aromatic heterocycles. The Kier molecular flexibility index (Phi) is 5.98. The highest BCUT2D eigenvalue weighted by atomic mass is 32.3. The smallest absolute Gasteiger partial charge is 0.272 e. The summed E-state index contributed by atoms with van der Waals surface area (Å²) in [7, 11) is 0. The number of nitrogens with zero attached hydrogens (tertiary/aromatic N) is 9. The van der Waals surface area contributed by atoms with Gasteiger partial charge in [0.25, 0.3) is 0 Å². The normalized spacial score (nSPS) is 14.8. The quantitative estimate of drug-likeness (QED) is 0.130. The predicted molar refractivity (Wildman–Crippen MR) is 162 cm³/mol. The molecule has 0 aromatic carbocycles. The maximum atomic E-state index is 13.9. The second-order valence-electron chi connectivity index (χ2n) is 8.78. The fourth-order valence-electron chi connectivity index (χ4n) is 4.64. The van der Waals surface area contributed by atoms with Crippen molar-refractivity contribution in [3.05, 3.63) is 113 Å². The molecule has 0 amide bonds. The van der Waals surface area contributed by atoms with Gasteiger partial charge >= 0.3 is 5.69 Å². The molecule has 41 heavy (non-hydrogen) atoms. The first kappa shape index (κ1) is 25.1. The molecule has 8 rings (SSSR count). The van der Waals surface area contributed by atoms with E-state index in [9.17, 15) is 4.79 Å². The Morgan fingerprint density at radius 1 is 0.537 bits per heavy atom. The van der Waals surface area contributed by atoms with E-state index >= 15 is 0 Å². The Balaban J connectivity index is 1.30. The largest absolute Gasteiger partial charge is 0.339 e. The molecule has 0 aliphatic carbocycles. The van der Waals surface area contributed by atoms with Crippen LogP contribution in [-0.2, 0) is 0 Å². The van der Waals surface area contributed by atoms with Gasteiger partial charge in [-0.1, -0.05) is 2.10 Å². The van der Waals surface area contributed by atoms with Crippen molar-refractivity contribution in [3.8, 4) is 22.7 Å². The van der Waals surface area contributed by atoms with E-state index in [-0.39, 0.29) is 5.69 Å². The third kappa shape index (κ3) is 3.95. The van der Waals surface area contributed by atoms with Gasteiger partial charge < -0.3 is 0 Å². The van der Waals surface area contributed by atoms with Gasteiger partial charge in [-0.15, -0.1) is 0 Å². The van der Waals surface area contributed by atoms with E-state index in [4.69, 9.17) is 12.2 Å². The van der Waals surface area contributed by atoms with E-state index in [2.05, 4.69) is 29.1 Å². The molecule has 1 spiro atoms. The summed E-state index contributed by atoms with van der Waals surface area (Å²) >= 11 is 12.6. The molecule has 0 unspecified atom stereocenters. The van der Waals surface area contributed by atoms with Gasteiger partial charge in [-0.25, -0.2) is 13.9 Å². The van der Waals surface area contributed by atoms with E-state index < -0.39 is 0 Å². The van der Waals surface area contributed by atoms with E-state index in [1.807, 2.05) is 60.9 Å². The molecule has 10 nitrogen and oxygen atoms in total. The van der Waals surface area contributed by atoms with Crippen molar-refractivity contribution in [1.82, 2.24) is 38.2 Å². The maximum Gasteiger partial charge on any atom is 0.339 e. The van der Waals surface area contributed by atoms with Crippen LogP contribution in [0.3, 0.4) is 0 Å². The Morgan fingerprint density at radius 2 is 0.854 bits per heavy atom. The molecule has 0 fully saturated rings. The summed E-state index contributed by atoms with van der Waals surface area (Å²) in [6.07, 6.45) is 13.9. The first-order valence-electron chi connectivity index (χ1n) is 12.2. The van der Waals surface area contributed by atoms with Crippen molar-refractivity contribution in [3.63, 3.8) is 0 Å². The lowest BCUT2D eigenvalue weighted by Gasteiger charge is -2.18. The predicted octanol–water partition coefficient (Wildman–Crippen LogP) is 6.09. The minimum atomic E-state index is -0.168. The number of rotatable bonds is 4. The minimum absolute atomic E-state index is 0.168. The second kappa shape index (κ2) is 9.75. The van der Waals surface area contributed by atoms with Crippen molar-refractivity contribution in [2.75, 3.05) is 0 Å². The lowest BCUT2D eigenvalue weighted by Crippen LogP contribution is -2.24. The van der Waals surface area contributed by atoms with Gasteiger partial charge in [-0.2, -0.15) is 0 Å². The van der Waals surface area contributed by atoms with Crippen molar-refractivity contribution in [2.24, 2.45) is 0 Å². The molecular formula is C26H16N9OS5+. The van der Waals surface area contributed by atoms with Crippen molar-refractivity contribution >= 4 is 60.0 Å². The lowest BCUT2D eigenvalue weighted by atomic mass is 10.4. The zero-order valence-corrected chi connectivity index (χ0v) is 24.8. The van der Waals surface area contributed by atoms with Crippen LogP contribution < -0.4 is 5.69 Å². The van der Waals surface area contributed by atoms with Gasteiger partial charge in [0.05, 0.1) is 47.5 Å². The van der Waals surface area contributed by atoms with Gasteiger partial charge in [0.2, 0.25) is 0 Å². The summed E-state index contributed by atoms with van der Waals surface area (Å²) < 4.78 is 8.62. The highest BCUT2D eigenvalue weighted by molar-refractivity contribution is 8.31. The molecule has 0 saturated heterocycles. The van der Waals surface area contributed by atoms with Gasteiger partial charge in [0, 0.05) is 24.8 Å². The molecule has 0 atom stereocenters. The topological polar surface area (TPSA) is 88.4 Å². The van der Waals surface area contributed by atoms with Crippen molar-refractivity contribution in [2.45, 2.75) is 20.1 Å². The zero-order chi connectivity index (χ0) is 27.6. The van der Waals surface area contributed by atoms with Crippen LogP contribution in [0.15, 0.2) is 123 Å². The first-order valence-corrected chi connectivity index (χ1v) is 15.7. The number of hydrogen-bond acceptors (Lipinski definition) is 10. The van der Waals surface area contributed by atoms with E-state index in [0.29, 0.717) is 18.3 Å². The summed E-state index contributed by atoms with van der Waals surface area (Å²) in [6, 6.07) is 15.3. The van der Waals surface area contributed by atoms with Crippen LogP contribution in [0.5, 0.6) is 0 Å². The third-order valence-corrected chi connectivity index (χ3v) is 12.7. The Bertz CT molecular complexity index is 1750. The maximum absolute atomic E-state index is 13.9. The fraction of sp³-hybridized carbons (Fsp3) is 0. The van der Waals surface area contributed by atoms with Crippen LogP contribution in [0.2, 0.25) is 0 Å². The van der Waals surface area contributed by atoms with Crippen LogP contribution in [-0.4, -0.2) is 40.3 Å². The number of quaternary nitrogens is 1. The van der Waals surface area contributed by atoms with Crippen molar-refractivity contribution in [1.29, 1.82) is 0 Å². The molecule has 0 N–H and O–H groups in total. The number of fused-ring (bicyclic) bond motifs is 2. The molecule has 0 radical (unpaired) electrons. The molecule has 15 heteroatoms. The average molecular weight is 631 g/mol. The van der Waals surface area contributed by atoms with Crippen LogP contribution in [0.25, 0.3) is 22.7 Å². The molecule has 0 saturated carbocycles. The number of aromatic nitrogens is 8.